The minimum absolute atomic E-state index is 0.643. The number of nitrogens with zero attached hydrogens (tertiary/aromatic N) is 3. The molecule has 0 amide bonds. The van der Waals surface area contributed by atoms with Crippen LogP contribution in [0.4, 0.5) is 0 Å². The maximum atomic E-state index is 13.0. The Kier molecular flexibility index (Phi) is 4.58. The highest BCUT2D eigenvalue weighted by Gasteiger charge is 2.19. The zero-order chi connectivity index (χ0) is 25.3. The van der Waals surface area contributed by atoms with Gasteiger partial charge >= 0.3 is 0 Å². The van der Waals surface area contributed by atoms with Crippen LogP contribution in [0.15, 0.2) is 97.1 Å². The fourth-order valence-electron chi connectivity index (χ4n) is 5.41. The second-order valence-electron chi connectivity index (χ2n) is 9.93. The van der Waals surface area contributed by atoms with E-state index >= 15 is 0 Å². The molecule has 0 radical (unpaired) electrons. The van der Waals surface area contributed by atoms with Crippen molar-refractivity contribution in [3.63, 3.8) is 0 Å². The topological polar surface area (TPSA) is 58.2 Å². The van der Waals surface area contributed by atoms with Gasteiger partial charge in [0, 0.05) is 16.1 Å². The Bertz CT molecular complexity index is 2140. The first-order chi connectivity index (χ1) is 17.9. The summed E-state index contributed by atoms with van der Waals surface area (Å²) in [6, 6.07) is 35.1. The van der Waals surface area contributed by atoms with Gasteiger partial charge < -0.3 is 4.57 Å². The third-order valence-electron chi connectivity index (χ3n) is 7.29. The molecule has 0 N–H and O–H groups in total. The van der Waals surface area contributed by atoms with Crippen LogP contribution in [-0.2, 0) is 4.57 Å². The van der Waals surface area contributed by atoms with Crippen molar-refractivity contribution < 1.29 is 4.57 Å². The summed E-state index contributed by atoms with van der Waals surface area (Å²) < 4.78 is 15.3. The van der Waals surface area contributed by atoms with Crippen molar-refractivity contribution in [2.24, 2.45) is 0 Å². The maximum absolute atomic E-state index is 13.0. The fraction of sp³-hybridized carbons (Fsp3) is 0.0625. The molecule has 2 aromatic heterocycles. The van der Waals surface area contributed by atoms with Crippen LogP contribution < -0.4 is 5.30 Å². The van der Waals surface area contributed by atoms with E-state index in [4.69, 9.17) is 4.98 Å². The average molecular weight is 496 g/mol. The van der Waals surface area contributed by atoms with Crippen LogP contribution in [0.1, 0.15) is 5.56 Å². The van der Waals surface area contributed by atoms with E-state index in [0.29, 0.717) is 5.56 Å². The molecule has 0 spiro atoms. The molecule has 5 heteroatoms. The van der Waals surface area contributed by atoms with E-state index in [-0.39, 0.29) is 0 Å². The van der Waals surface area contributed by atoms with Gasteiger partial charge in [-0.3, -0.25) is 4.40 Å². The van der Waals surface area contributed by atoms with E-state index in [9.17, 15) is 9.83 Å². The number of fused-ring (bicyclic) bond motifs is 10. The Balaban J connectivity index is 1.66. The maximum Gasteiger partial charge on any atom is 0.147 e. The van der Waals surface area contributed by atoms with Gasteiger partial charge in [-0.15, -0.1) is 0 Å². The van der Waals surface area contributed by atoms with Crippen LogP contribution in [-0.4, -0.2) is 22.7 Å². The van der Waals surface area contributed by atoms with Crippen molar-refractivity contribution in [2.75, 3.05) is 13.3 Å². The molecule has 37 heavy (non-hydrogen) atoms. The summed E-state index contributed by atoms with van der Waals surface area (Å²) in [6.07, 6.45) is 0. The minimum Gasteiger partial charge on any atom is -0.319 e. The number of imidazole rings is 1. The third-order valence-corrected chi connectivity index (χ3v) is 8.81. The van der Waals surface area contributed by atoms with Gasteiger partial charge in [0.05, 0.1) is 28.2 Å². The summed E-state index contributed by atoms with van der Waals surface area (Å²) in [4.78, 5) is 5.14. The first-order valence-corrected chi connectivity index (χ1v) is 14.8. The highest BCUT2D eigenvalue weighted by Crippen LogP contribution is 2.40. The Labute approximate surface area is 213 Å². The summed E-state index contributed by atoms with van der Waals surface area (Å²) in [5.74, 6) is 0. The average Bonchev–Trinajstić information content (AvgIpc) is 3.31. The lowest BCUT2D eigenvalue weighted by Gasteiger charge is -2.14. The lowest BCUT2D eigenvalue weighted by Crippen LogP contribution is -2.03. The summed E-state index contributed by atoms with van der Waals surface area (Å²) in [7, 11) is -2.44. The Morgan fingerprint density at radius 3 is 2.32 bits per heavy atom. The SMILES string of the molecule is CP(C)(=O)c1ccc2c(c1)c1ccc3ccccc3c1c1nc3ccc(-c4ccc(C#N)cc4)cc3n21. The van der Waals surface area contributed by atoms with Gasteiger partial charge in [-0.25, -0.2) is 4.98 Å². The van der Waals surface area contributed by atoms with E-state index in [1.54, 1.807) is 0 Å². The van der Waals surface area contributed by atoms with Gasteiger partial charge in [-0.2, -0.15) is 5.26 Å². The van der Waals surface area contributed by atoms with Crippen LogP contribution in [0, 0.1) is 11.3 Å². The number of hydrogen-bond donors (Lipinski definition) is 0. The largest absolute Gasteiger partial charge is 0.319 e. The van der Waals surface area contributed by atoms with Crippen molar-refractivity contribution in [1.82, 2.24) is 9.38 Å². The predicted octanol–water partition coefficient (Wildman–Crippen LogP) is 7.73. The van der Waals surface area contributed by atoms with Crippen molar-refractivity contribution in [2.45, 2.75) is 0 Å². The zero-order valence-corrected chi connectivity index (χ0v) is 21.3. The van der Waals surface area contributed by atoms with Crippen molar-refractivity contribution in [1.29, 1.82) is 5.26 Å². The number of aromatic nitrogens is 2. The van der Waals surface area contributed by atoms with E-state index in [1.807, 2.05) is 43.7 Å². The van der Waals surface area contributed by atoms with E-state index < -0.39 is 7.14 Å². The van der Waals surface area contributed by atoms with Crippen molar-refractivity contribution >= 4 is 61.6 Å². The predicted molar refractivity (Wildman–Crippen MR) is 154 cm³/mol. The van der Waals surface area contributed by atoms with Crippen LogP contribution in [0.2, 0.25) is 0 Å². The van der Waals surface area contributed by atoms with Gasteiger partial charge in [0.25, 0.3) is 0 Å². The molecule has 0 fully saturated rings. The monoisotopic (exact) mass is 495 g/mol. The fourth-order valence-corrected chi connectivity index (χ4v) is 6.28. The Hall–Kier alpha value is -4.45. The number of nitriles is 1. The van der Waals surface area contributed by atoms with Gasteiger partial charge in [0.2, 0.25) is 0 Å². The molecule has 0 unspecified atom stereocenters. The smallest absolute Gasteiger partial charge is 0.147 e. The summed E-state index contributed by atoms with van der Waals surface area (Å²) >= 11 is 0. The highest BCUT2D eigenvalue weighted by atomic mass is 31.2. The van der Waals surface area contributed by atoms with E-state index in [2.05, 4.69) is 77.2 Å². The normalized spacial score (nSPS) is 12.1. The molecule has 4 nitrogen and oxygen atoms in total. The molecule has 0 aliphatic carbocycles. The molecule has 0 atom stereocenters. The van der Waals surface area contributed by atoms with Crippen molar-refractivity contribution in [3.8, 4) is 17.2 Å². The van der Waals surface area contributed by atoms with Crippen LogP contribution >= 0.6 is 7.14 Å². The Morgan fingerprint density at radius 1 is 0.757 bits per heavy atom. The summed E-state index contributed by atoms with van der Waals surface area (Å²) in [6.45, 7) is 3.64. The molecule has 176 valence electrons. The number of benzene rings is 5. The van der Waals surface area contributed by atoms with E-state index in [1.165, 1.54) is 0 Å². The molecule has 0 aliphatic rings. The molecular weight excluding hydrogens is 473 g/mol. The molecule has 0 saturated heterocycles. The van der Waals surface area contributed by atoms with Gasteiger partial charge in [-0.05, 0) is 83.1 Å². The quantitative estimate of drug-likeness (QED) is 0.182. The molecule has 0 aliphatic heterocycles. The van der Waals surface area contributed by atoms with Gasteiger partial charge in [0.15, 0.2) is 0 Å². The molecular formula is C32H22N3OP. The lowest BCUT2D eigenvalue weighted by molar-refractivity contribution is 0.588. The second kappa shape index (κ2) is 7.77. The Morgan fingerprint density at radius 2 is 1.54 bits per heavy atom. The standard InChI is InChI=1S/C32H22N3OP/c1-37(2,36)24-13-16-29-27(18-24)26-14-11-22-5-3-4-6-25(22)31(26)32-34-28-15-12-23(17-30(28)35(29)32)21-9-7-20(19-33)8-10-21/h3-18H,1-2H3. The highest BCUT2D eigenvalue weighted by molar-refractivity contribution is 7.70. The van der Waals surface area contributed by atoms with Crippen LogP contribution in [0.25, 0.3) is 60.3 Å². The lowest BCUT2D eigenvalue weighted by atomic mass is 9.99. The minimum atomic E-state index is -2.44. The van der Waals surface area contributed by atoms with Gasteiger partial charge in [-0.1, -0.05) is 54.6 Å². The number of pyridine rings is 1. The molecule has 5 aromatic carbocycles. The summed E-state index contributed by atoms with van der Waals surface area (Å²) in [5, 5.41) is 15.6. The molecule has 7 aromatic rings. The van der Waals surface area contributed by atoms with Crippen LogP contribution in [0.5, 0.6) is 0 Å². The zero-order valence-electron chi connectivity index (χ0n) is 20.4. The first kappa shape index (κ1) is 21.8. The number of hydrogen-bond acceptors (Lipinski definition) is 3. The van der Waals surface area contributed by atoms with E-state index in [0.717, 1.165) is 65.6 Å². The number of rotatable bonds is 2. The van der Waals surface area contributed by atoms with Gasteiger partial charge in [0.1, 0.15) is 12.8 Å². The molecule has 2 heterocycles. The second-order valence-corrected chi connectivity index (χ2v) is 13.1. The molecule has 7 rings (SSSR count). The molecule has 0 bridgehead atoms. The van der Waals surface area contributed by atoms with Crippen molar-refractivity contribution in [3.05, 3.63) is 103 Å². The summed E-state index contributed by atoms with van der Waals surface area (Å²) in [5.41, 5.74) is 6.63. The first-order valence-electron chi connectivity index (χ1n) is 12.2. The van der Waals surface area contributed by atoms with Crippen LogP contribution in [0.3, 0.4) is 0 Å². The molecule has 0 saturated carbocycles. The third kappa shape index (κ3) is 3.29.